The molecule has 98 valence electrons. The van der Waals surface area contributed by atoms with Gasteiger partial charge in [-0.05, 0) is 60.1 Å². The van der Waals surface area contributed by atoms with E-state index in [1.165, 1.54) is 17.2 Å². The van der Waals surface area contributed by atoms with Gasteiger partial charge in [-0.1, -0.05) is 30.3 Å². The number of rotatable bonds is 3. The van der Waals surface area contributed by atoms with Crippen LogP contribution in [0.15, 0.2) is 42.5 Å². The molecular weight excluding hydrogens is 237 g/mol. The van der Waals surface area contributed by atoms with Gasteiger partial charge in [-0.3, -0.25) is 0 Å². The van der Waals surface area contributed by atoms with Crippen LogP contribution in [0, 0.1) is 12.7 Å². The topological polar surface area (TPSA) is 26.0 Å². The smallest absolute Gasteiger partial charge is 0.123 e. The number of hydrogen-bond acceptors (Lipinski definition) is 1. The lowest BCUT2D eigenvalue weighted by Gasteiger charge is -2.32. The lowest BCUT2D eigenvalue weighted by molar-refractivity contribution is 0.495. The normalized spacial score (nSPS) is 18.6. The second-order valence-electron chi connectivity index (χ2n) is 5.44. The van der Waals surface area contributed by atoms with Crippen LogP contribution in [-0.2, 0) is 6.42 Å². The first-order valence-corrected chi connectivity index (χ1v) is 6.74. The molecule has 2 atom stereocenters. The fraction of sp³-hybridized carbons (Fsp3) is 0.294. The second-order valence-corrected chi connectivity index (χ2v) is 5.44. The minimum absolute atomic E-state index is 0.0888. The maximum Gasteiger partial charge on any atom is 0.123 e. The Kier molecular flexibility index (Phi) is 3.11. The highest BCUT2D eigenvalue weighted by molar-refractivity contribution is 5.40. The molecule has 3 rings (SSSR count). The highest BCUT2D eigenvalue weighted by Gasteiger charge is 2.27. The first-order chi connectivity index (χ1) is 9.15. The van der Waals surface area contributed by atoms with Crippen LogP contribution in [0.2, 0.25) is 0 Å². The van der Waals surface area contributed by atoms with Gasteiger partial charge in [-0.2, -0.15) is 0 Å². The summed E-state index contributed by atoms with van der Waals surface area (Å²) >= 11 is 0. The van der Waals surface area contributed by atoms with Crippen LogP contribution < -0.4 is 5.73 Å². The van der Waals surface area contributed by atoms with Crippen molar-refractivity contribution < 1.29 is 4.39 Å². The van der Waals surface area contributed by atoms with Crippen LogP contribution in [0.3, 0.4) is 0 Å². The van der Waals surface area contributed by atoms with Gasteiger partial charge in [0.15, 0.2) is 0 Å². The molecule has 0 saturated heterocycles. The Morgan fingerprint density at radius 1 is 1.26 bits per heavy atom. The molecule has 0 saturated carbocycles. The summed E-state index contributed by atoms with van der Waals surface area (Å²) in [5.74, 6) is 0.318. The molecule has 2 N–H and O–H groups in total. The van der Waals surface area contributed by atoms with Gasteiger partial charge in [0, 0.05) is 6.04 Å². The summed E-state index contributed by atoms with van der Waals surface area (Å²) in [6.07, 6.45) is 1.99. The van der Waals surface area contributed by atoms with Gasteiger partial charge in [0.05, 0.1) is 0 Å². The first-order valence-electron chi connectivity index (χ1n) is 6.74. The van der Waals surface area contributed by atoms with E-state index in [4.69, 9.17) is 5.73 Å². The third-order valence-corrected chi connectivity index (χ3v) is 4.14. The molecule has 0 amide bonds. The molecule has 0 bridgehead atoms. The molecule has 0 aliphatic heterocycles. The summed E-state index contributed by atoms with van der Waals surface area (Å²) in [7, 11) is 0. The average molecular weight is 255 g/mol. The Hall–Kier alpha value is -1.67. The Morgan fingerprint density at radius 3 is 2.84 bits per heavy atom. The van der Waals surface area contributed by atoms with E-state index >= 15 is 0 Å². The molecule has 2 unspecified atom stereocenters. The van der Waals surface area contributed by atoms with E-state index in [2.05, 4.69) is 24.3 Å². The molecule has 0 spiro atoms. The molecule has 0 heterocycles. The minimum Gasteiger partial charge on any atom is -0.324 e. The Labute approximate surface area is 113 Å². The molecule has 1 aliphatic carbocycles. The zero-order chi connectivity index (χ0) is 13.4. The molecule has 2 aromatic carbocycles. The van der Waals surface area contributed by atoms with Gasteiger partial charge in [0.25, 0.3) is 0 Å². The van der Waals surface area contributed by atoms with Crippen LogP contribution in [0.5, 0.6) is 0 Å². The van der Waals surface area contributed by atoms with E-state index in [0.717, 1.165) is 24.0 Å². The third kappa shape index (κ3) is 2.28. The molecule has 19 heavy (non-hydrogen) atoms. The lowest BCUT2D eigenvalue weighted by Crippen LogP contribution is -2.23. The van der Waals surface area contributed by atoms with Gasteiger partial charge < -0.3 is 5.73 Å². The standard InChI is InChI=1S/C17H18FN/c1-11-6-7-14(18)10-16(11)17(19)9-13-8-12-4-2-3-5-15(12)13/h2-7,10,13,17H,8-9,19H2,1H3. The molecule has 2 aromatic rings. The number of benzene rings is 2. The molecule has 1 nitrogen and oxygen atoms in total. The van der Waals surface area contributed by atoms with E-state index in [-0.39, 0.29) is 11.9 Å². The van der Waals surface area contributed by atoms with Gasteiger partial charge >= 0.3 is 0 Å². The van der Waals surface area contributed by atoms with Crippen molar-refractivity contribution in [2.45, 2.75) is 31.7 Å². The van der Waals surface area contributed by atoms with E-state index in [1.807, 2.05) is 6.92 Å². The van der Waals surface area contributed by atoms with E-state index in [1.54, 1.807) is 12.1 Å². The predicted molar refractivity (Wildman–Crippen MR) is 75.6 cm³/mol. The quantitative estimate of drug-likeness (QED) is 0.885. The van der Waals surface area contributed by atoms with E-state index in [9.17, 15) is 4.39 Å². The number of aryl methyl sites for hydroxylation is 1. The lowest BCUT2D eigenvalue weighted by atomic mass is 9.73. The summed E-state index contributed by atoms with van der Waals surface area (Å²) in [5.41, 5.74) is 11.1. The van der Waals surface area contributed by atoms with E-state index < -0.39 is 0 Å². The summed E-state index contributed by atoms with van der Waals surface area (Å²) < 4.78 is 13.3. The second kappa shape index (κ2) is 4.78. The van der Waals surface area contributed by atoms with Gasteiger partial charge in [-0.15, -0.1) is 0 Å². The van der Waals surface area contributed by atoms with E-state index in [0.29, 0.717) is 5.92 Å². The van der Waals surface area contributed by atoms with Crippen molar-refractivity contribution in [3.8, 4) is 0 Å². The van der Waals surface area contributed by atoms with Crippen LogP contribution in [0.4, 0.5) is 4.39 Å². The highest BCUT2D eigenvalue weighted by atomic mass is 19.1. The molecular formula is C17H18FN. The van der Waals surface area contributed by atoms with Crippen LogP contribution in [0.25, 0.3) is 0 Å². The summed E-state index contributed by atoms with van der Waals surface area (Å²) in [5, 5.41) is 0. The Morgan fingerprint density at radius 2 is 2.05 bits per heavy atom. The van der Waals surface area contributed by atoms with Crippen molar-refractivity contribution >= 4 is 0 Å². The highest BCUT2D eigenvalue weighted by Crippen LogP contribution is 2.40. The van der Waals surface area contributed by atoms with Crippen LogP contribution in [0.1, 0.15) is 40.6 Å². The van der Waals surface area contributed by atoms with Crippen molar-refractivity contribution in [2.24, 2.45) is 5.73 Å². The molecule has 2 heteroatoms. The fourth-order valence-corrected chi connectivity index (χ4v) is 3.02. The van der Waals surface area contributed by atoms with Crippen molar-refractivity contribution in [2.75, 3.05) is 0 Å². The number of fused-ring (bicyclic) bond motifs is 1. The zero-order valence-corrected chi connectivity index (χ0v) is 11.1. The number of halogens is 1. The summed E-state index contributed by atoms with van der Waals surface area (Å²) in [4.78, 5) is 0. The SMILES string of the molecule is Cc1ccc(F)cc1C(N)CC1Cc2ccccc21. The Balaban J connectivity index is 1.76. The van der Waals surface area contributed by atoms with Crippen molar-refractivity contribution in [1.82, 2.24) is 0 Å². The zero-order valence-electron chi connectivity index (χ0n) is 11.1. The largest absolute Gasteiger partial charge is 0.324 e. The number of nitrogens with two attached hydrogens (primary N) is 1. The fourth-order valence-electron chi connectivity index (χ4n) is 3.02. The predicted octanol–water partition coefficient (Wildman–Crippen LogP) is 3.86. The van der Waals surface area contributed by atoms with Crippen molar-refractivity contribution in [3.05, 3.63) is 70.5 Å². The Bertz CT molecular complexity index is 606. The summed E-state index contributed by atoms with van der Waals surface area (Å²) in [6, 6.07) is 13.3. The average Bonchev–Trinajstić information content (AvgIpc) is 2.38. The van der Waals surface area contributed by atoms with Crippen LogP contribution >= 0.6 is 0 Å². The molecule has 0 fully saturated rings. The molecule has 0 radical (unpaired) electrons. The van der Waals surface area contributed by atoms with Gasteiger partial charge in [0.2, 0.25) is 0 Å². The monoisotopic (exact) mass is 255 g/mol. The summed E-state index contributed by atoms with van der Waals surface area (Å²) in [6.45, 7) is 1.99. The van der Waals surface area contributed by atoms with Gasteiger partial charge in [-0.25, -0.2) is 4.39 Å². The van der Waals surface area contributed by atoms with Crippen molar-refractivity contribution in [1.29, 1.82) is 0 Å². The first kappa shape index (κ1) is 12.4. The van der Waals surface area contributed by atoms with Crippen LogP contribution in [-0.4, -0.2) is 0 Å². The number of hydrogen-bond donors (Lipinski definition) is 1. The minimum atomic E-state index is -0.204. The third-order valence-electron chi connectivity index (χ3n) is 4.14. The van der Waals surface area contributed by atoms with Gasteiger partial charge in [0.1, 0.15) is 5.82 Å². The maximum absolute atomic E-state index is 13.3. The molecule has 0 aromatic heterocycles. The molecule has 1 aliphatic rings. The van der Waals surface area contributed by atoms with Crippen molar-refractivity contribution in [3.63, 3.8) is 0 Å². The maximum atomic E-state index is 13.3.